The Labute approximate surface area is 80.4 Å². The Morgan fingerprint density at radius 3 is 2.38 bits per heavy atom. The van der Waals surface area contributed by atoms with Gasteiger partial charge < -0.3 is 5.11 Å². The molecule has 1 N–H and O–H groups in total. The second-order valence-electron chi connectivity index (χ2n) is 3.42. The monoisotopic (exact) mass is 178 g/mol. The lowest BCUT2D eigenvalue weighted by Gasteiger charge is -2.12. The quantitative estimate of drug-likeness (QED) is 0.754. The maximum Gasteiger partial charge on any atom is 0.0764 e. The van der Waals surface area contributed by atoms with Gasteiger partial charge in [0.1, 0.15) is 0 Å². The van der Waals surface area contributed by atoms with Crippen LogP contribution in [-0.2, 0) is 12.8 Å². The molecule has 0 radical (unpaired) electrons. The van der Waals surface area contributed by atoms with Crippen LogP contribution < -0.4 is 0 Å². The van der Waals surface area contributed by atoms with E-state index in [0.29, 0.717) is 0 Å². The number of hydrogen-bond acceptors (Lipinski definition) is 1. The predicted molar refractivity (Wildman–Crippen MR) is 55.8 cm³/mol. The van der Waals surface area contributed by atoms with Gasteiger partial charge in [0.05, 0.1) is 6.10 Å². The molecule has 0 aliphatic rings. The van der Waals surface area contributed by atoms with Crippen LogP contribution in [0.3, 0.4) is 0 Å². The van der Waals surface area contributed by atoms with Crippen molar-refractivity contribution in [2.75, 3.05) is 0 Å². The summed E-state index contributed by atoms with van der Waals surface area (Å²) in [6, 6.07) is 6.38. The SMILES string of the molecule is CCc1ccc(CC)c(C(C)O)c1. The van der Waals surface area contributed by atoms with Crippen molar-refractivity contribution >= 4 is 0 Å². The van der Waals surface area contributed by atoms with Crippen LogP contribution in [0.15, 0.2) is 18.2 Å². The molecule has 0 saturated carbocycles. The Morgan fingerprint density at radius 2 is 1.92 bits per heavy atom. The summed E-state index contributed by atoms with van der Waals surface area (Å²) < 4.78 is 0. The van der Waals surface area contributed by atoms with Crippen molar-refractivity contribution < 1.29 is 5.11 Å². The summed E-state index contributed by atoms with van der Waals surface area (Å²) in [6.07, 6.45) is 1.68. The van der Waals surface area contributed by atoms with Gasteiger partial charge >= 0.3 is 0 Å². The van der Waals surface area contributed by atoms with Gasteiger partial charge in [0.2, 0.25) is 0 Å². The summed E-state index contributed by atoms with van der Waals surface area (Å²) in [7, 11) is 0. The van der Waals surface area contributed by atoms with E-state index in [4.69, 9.17) is 0 Å². The smallest absolute Gasteiger partial charge is 0.0764 e. The van der Waals surface area contributed by atoms with Crippen molar-refractivity contribution in [2.45, 2.75) is 39.7 Å². The Morgan fingerprint density at radius 1 is 1.23 bits per heavy atom. The summed E-state index contributed by atoms with van der Waals surface area (Å²) in [5, 5.41) is 9.56. The second-order valence-corrected chi connectivity index (χ2v) is 3.42. The highest BCUT2D eigenvalue weighted by Crippen LogP contribution is 2.20. The molecule has 1 unspecified atom stereocenters. The zero-order chi connectivity index (χ0) is 9.84. The van der Waals surface area contributed by atoms with Crippen molar-refractivity contribution in [2.24, 2.45) is 0 Å². The lowest BCUT2D eigenvalue weighted by atomic mass is 9.98. The van der Waals surface area contributed by atoms with Crippen molar-refractivity contribution in [3.8, 4) is 0 Å². The van der Waals surface area contributed by atoms with E-state index in [-0.39, 0.29) is 6.10 Å². The molecule has 0 saturated heterocycles. The molecule has 1 aromatic rings. The van der Waals surface area contributed by atoms with E-state index >= 15 is 0 Å². The van der Waals surface area contributed by atoms with Crippen LogP contribution in [0.4, 0.5) is 0 Å². The molecule has 0 heterocycles. The van der Waals surface area contributed by atoms with Gasteiger partial charge in [-0.25, -0.2) is 0 Å². The third-order valence-electron chi connectivity index (χ3n) is 2.45. The van der Waals surface area contributed by atoms with Crippen LogP contribution in [0, 0.1) is 0 Å². The second kappa shape index (κ2) is 4.43. The topological polar surface area (TPSA) is 20.2 Å². The molecule has 0 aliphatic carbocycles. The first-order valence-electron chi connectivity index (χ1n) is 4.98. The van der Waals surface area contributed by atoms with Gasteiger partial charge in [0.15, 0.2) is 0 Å². The number of aliphatic hydroxyl groups excluding tert-OH is 1. The molecule has 0 amide bonds. The molecule has 0 aromatic heterocycles. The van der Waals surface area contributed by atoms with Gasteiger partial charge in [-0.15, -0.1) is 0 Å². The molecular weight excluding hydrogens is 160 g/mol. The summed E-state index contributed by atoms with van der Waals surface area (Å²) in [5.74, 6) is 0. The molecule has 13 heavy (non-hydrogen) atoms. The zero-order valence-corrected chi connectivity index (χ0v) is 8.67. The standard InChI is InChI=1S/C12H18O/c1-4-10-6-7-11(5-2)12(8-10)9(3)13/h6-9,13H,4-5H2,1-3H3. The van der Waals surface area contributed by atoms with Crippen molar-refractivity contribution in [3.63, 3.8) is 0 Å². The number of hydrogen-bond donors (Lipinski definition) is 1. The molecule has 1 heteroatoms. The Hall–Kier alpha value is -0.820. The number of aryl methyl sites for hydroxylation is 2. The van der Waals surface area contributed by atoms with Crippen molar-refractivity contribution in [1.82, 2.24) is 0 Å². The van der Waals surface area contributed by atoms with E-state index in [1.807, 2.05) is 6.92 Å². The lowest BCUT2D eigenvalue weighted by molar-refractivity contribution is 0.198. The summed E-state index contributed by atoms with van der Waals surface area (Å²) in [4.78, 5) is 0. The first-order chi connectivity index (χ1) is 6.19. The van der Waals surface area contributed by atoms with Crippen molar-refractivity contribution in [3.05, 3.63) is 34.9 Å². The average molecular weight is 178 g/mol. The molecule has 1 aromatic carbocycles. The third-order valence-corrected chi connectivity index (χ3v) is 2.45. The Balaban J connectivity index is 3.10. The zero-order valence-electron chi connectivity index (χ0n) is 8.67. The molecular formula is C12H18O. The maximum absolute atomic E-state index is 9.56. The fourth-order valence-electron chi connectivity index (χ4n) is 1.58. The number of aliphatic hydroxyl groups is 1. The van der Waals surface area contributed by atoms with Crippen LogP contribution in [0.1, 0.15) is 43.6 Å². The predicted octanol–water partition coefficient (Wildman–Crippen LogP) is 2.86. The fraction of sp³-hybridized carbons (Fsp3) is 0.500. The fourth-order valence-corrected chi connectivity index (χ4v) is 1.58. The van der Waals surface area contributed by atoms with E-state index in [0.717, 1.165) is 18.4 Å². The van der Waals surface area contributed by atoms with Crippen LogP contribution in [-0.4, -0.2) is 5.11 Å². The lowest BCUT2D eigenvalue weighted by Crippen LogP contribution is -1.98. The molecule has 0 spiro atoms. The Bertz CT molecular complexity index is 276. The molecule has 0 fully saturated rings. The van der Waals surface area contributed by atoms with Gasteiger partial charge in [0, 0.05) is 0 Å². The van der Waals surface area contributed by atoms with Crippen LogP contribution >= 0.6 is 0 Å². The molecule has 1 nitrogen and oxygen atoms in total. The molecule has 1 rings (SSSR count). The summed E-state index contributed by atoms with van der Waals surface area (Å²) in [6.45, 7) is 6.08. The van der Waals surface area contributed by atoms with Crippen LogP contribution in [0.2, 0.25) is 0 Å². The van der Waals surface area contributed by atoms with E-state index in [9.17, 15) is 5.11 Å². The first-order valence-corrected chi connectivity index (χ1v) is 4.98. The maximum atomic E-state index is 9.56. The third kappa shape index (κ3) is 2.31. The number of rotatable bonds is 3. The van der Waals surface area contributed by atoms with E-state index in [2.05, 4.69) is 32.0 Å². The Kier molecular flexibility index (Phi) is 3.49. The van der Waals surface area contributed by atoms with Crippen LogP contribution in [0.5, 0.6) is 0 Å². The summed E-state index contributed by atoms with van der Waals surface area (Å²) >= 11 is 0. The molecule has 0 bridgehead atoms. The highest BCUT2D eigenvalue weighted by molar-refractivity contribution is 5.33. The normalized spacial score (nSPS) is 12.9. The minimum atomic E-state index is -0.346. The first kappa shape index (κ1) is 10.3. The van der Waals surface area contributed by atoms with Gasteiger partial charge in [-0.05, 0) is 36.5 Å². The van der Waals surface area contributed by atoms with E-state index in [1.54, 1.807) is 0 Å². The minimum absolute atomic E-state index is 0.346. The van der Waals surface area contributed by atoms with E-state index in [1.165, 1.54) is 11.1 Å². The van der Waals surface area contributed by atoms with Gasteiger partial charge in [-0.3, -0.25) is 0 Å². The molecule has 0 aliphatic heterocycles. The summed E-state index contributed by atoms with van der Waals surface area (Å²) in [5.41, 5.74) is 3.64. The highest BCUT2D eigenvalue weighted by Gasteiger charge is 2.06. The van der Waals surface area contributed by atoms with E-state index < -0.39 is 0 Å². The highest BCUT2D eigenvalue weighted by atomic mass is 16.3. The number of benzene rings is 1. The molecule has 1 atom stereocenters. The van der Waals surface area contributed by atoms with Crippen molar-refractivity contribution in [1.29, 1.82) is 0 Å². The van der Waals surface area contributed by atoms with Gasteiger partial charge in [0.25, 0.3) is 0 Å². The largest absolute Gasteiger partial charge is 0.389 e. The van der Waals surface area contributed by atoms with Crippen LogP contribution in [0.25, 0.3) is 0 Å². The molecule has 72 valence electrons. The van der Waals surface area contributed by atoms with Gasteiger partial charge in [-0.2, -0.15) is 0 Å². The average Bonchev–Trinajstić information content (AvgIpc) is 2.16. The van der Waals surface area contributed by atoms with Gasteiger partial charge in [-0.1, -0.05) is 32.0 Å². The minimum Gasteiger partial charge on any atom is -0.389 e.